The van der Waals surface area contributed by atoms with Crippen LogP contribution in [0.4, 0.5) is 0 Å². The zero-order chi connectivity index (χ0) is 28.6. The van der Waals surface area contributed by atoms with Crippen molar-refractivity contribution in [3.05, 3.63) is 33.6 Å². The molecule has 1 aliphatic rings. The number of hydrogen-bond donors (Lipinski definition) is 2. The Labute approximate surface area is 235 Å². The van der Waals surface area contributed by atoms with Gasteiger partial charge in [0, 0.05) is 31.5 Å². The number of aliphatic imine (C=N–C) groups is 2. The zero-order valence-electron chi connectivity index (χ0n) is 24.9. The number of ether oxygens (including phenoxy) is 1. The van der Waals surface area contributed by atoms with Gasteiger partial charge in [-0.3, -0.25) is 9.79 Å². The Morgan fingerprint density at radius 2 is 1.89 bits per heavy atom. The standard InChI is InChI=1S/C21H34BrN5O2.C5H13N.C2H6/c1-5-7-19(17(4)16(2)3)25-14-18(22)21(26-15-23)24-9-6-10-27-11-13-29-12-8-20(27)28;1-4-5-6(2)3;1-2/h7,14-15,25H,5-6,8-13H2,1-4H3,(H2,23,24,26);4-5H2,1-3H3;1-2H3/b18-14+,19-7+;;. The molecule has 1 rings (SSSR count). The van der Waals surface area contributed by atoms with Crippen LogP contribution in [-0.4, -0.2) is 81.4 Å². The number of halogens is 1. The summed E-state index contributed by atoms with van der Waals surface area (Å²) in [6, 6.07) is 0. The summed E-state index contributed by atoms with van der Waals surface area (Å²) in [4.78, 5) is 24.7. The Morgan fingerprint density at radius 1 is 1.22 bits per heavy atom. The highest BCUT2D eigenvalue weighted by molar-refractivity contribution is 9.12. The predicted molar refractivity (Wildman–Crippen MR) is 164 cm³/mol. The molecule has 0 aromatic rings. The van der Waals surface area contributed by atoms with E-state index in [0.717, 1.165) is 18.5 Å². The van der Waals surface area contributed by atoms with E-state index in [4.69, 9.17) is 10.5 Å². The molecule has 0 bridgehead atoms. The summed E-state index contributed by atoms with van der Waals surface area (Å²) in [5.41, 5.74) is 9.00. The maximum absolute atomic E-state index is 12.0. The second-order valence-corrected chi connectivity index (χ2v) is 9.53. The Balaban J connectivity index is 0. The first-order valence-electron chi connectivity index (χ1n) is 13.4. The average Bonchev–Trinajstić information content (AvgIpc) is 3.08. The van der Waals surface area contributed by atoms with Crippen LogP contribution < -0.4 is 11.1 Å². The molecule has 9 heteroatoms. The van der Waals surface area contributed by atoms with E-state index in [1.54, 1.807) is 0 Å². The van der Waals surface area contributed by atoms with Gasteiger partial charge in [-0.25, -0.2) is 4.99 Å². The molecule has 3 N–H and O–H groups in total. The van der Waals surface area contributed by atoms with E-state index in [2.05, 4.69) is 90.9 Å². The smallest absolute Gasteiger partial charge is 0.224 e. The minimum Gasteiger partial charge on any atom is -0.390 e. The molecule has 0 radical (unpaired) electrons. The molecule has 1 fully saturated rings. The molecule has 8 nitrogen and oxygen atoms in total. The summed E-state index contributed by atoms with van der Waals surface area (Å²) in [7, 11) is 4.17. The molecule has 37 heavy (non-hydrogen) atoms. The van der Waals surface area contributed by atoms with E-state index in [-0.39, 0.29) is 5.91 Å². The molecule has 214 valence electrons. The highest BCUT2D eigenvalue weighted by Crippen LogP contribution is 2.15. The number of carbonyl (C=O) groups is 1. The van der Waals surface area contributed by atoms with Gasteiger partial charge >= 0.3 is 0 Å². The minimum absolute atomic E-state index is 0.141. The molecule has 0 unspecified atom stereocenters. The van der Waals surface area contributed by atoms with Crippen LogP contribution in [0.15, 0.2) is 43.6 Å². The Kier molecular flexibility index (Phi) is 24.5. The maximum atomic E-state index is 12.0. The first-order valence-corrected chi connectivity index (χ1v) is 14.2. The van der Waals surface area contributed by atoms with Crippen molar-refractivity contribution in [2.45, 2.75) is 74.1 Å². The third-order valence-corrected chi connectivity index (χ3v) is 5.75. The second kappa shape index (κ2) is 24.4. The lowest BCUT2D eigenvalue weighted by atomic mass is 10.1. The molecule has 1 saturated heterocycles. The van der Waals surface area contributed by atoms with Crippen LogP contribution in [0.25, 0.3) is 0 Å². The van der Waals surface area contributed by atoms with Crippen molar-refractivity contribution in [2.24, 2.45) is 15.7 Å². The highest BCUT2D eigenvalue weighted by Gasteiger charge is 2.16. The van der Waals surface area contributed by atoms with Crippen molar-refractivity contribution in [1.29, 1.82) is 0 Å². The number of nitrogens with zero attached hydrogens (tertiary/aromatic N) is 4. The molecule has 0 aliphatic carbocycles. The monoisotopic (exact) mass is 584 g/mol. The van der Waals surface area contributed by atoms with Gasteiger partial charge < -0.3 is 25.6 Å². The Hall–Kier alpha value is -1.97. The van der Waals surface area contributed by atoms with E-state index in [1.165, 1.54) is 30.5 Å². The molecular weight excluding hydrogens is 532 g/mol. The van der Waals surface area contributed by atoms with Crippen LogP contribution in [0.2, 0.25) is 0 Å². The van der Waals surface area contributed by atoms with Gasteiger partial charge in [0.2, 0.25) is 5.91 Å². The highest BCUT2D eigenvalue weighted by atomic mass is 79.9. The molecule has 0 aromatic carbocycles. The Bertz CT molecular complexity index is 769. The molecule has 1 amide bonds. The molecular formula is C28H53BrN6O2. The van der Waals surface area contributed by atoms with Crippen LogP contribution in [-0.2, 0) is 9.53 Å². The van der Waals surface area contributed by atoms with E-state index in [1.807, 2.05) is 24.9 Å². The van der Waals surface area contributed by atoms with Gasteiger partial charge in [-0.2, -0.15) is 0 Å². The first-order chi connectivity index (χ1) is 17.7. The molecule has 1 heterocycles. The number of allylic oxidation sites excluding steroid dienone is 3. The normalized spacial score (nSPS) is 15.1. The van der Waals surface area contributed by atoms with Crippen molar-refractivity contribution in [1.82, 2.24) is 15.1 Å². The van der Waals surface area contributed by atoms with Crippen molar-refractivity contribution >= 4 is 34.0 Å². The minimum atomic E-state index is 0.141. The van der Waals surface area contributed by atoms with E-state index >= 15 is 0 Å². The number of nitrogens with one attached hydrogen (secondary N) is 1. The number of rotatable bonds is 11. The van der Waals surface area contributed by atoms with Crippen LogP contribution in [0, 0.1) is 0 Å². The van der Waals surface area contributed by atoms with Crippen LogP contribution in [0.1, 0.15) is 74.1 Å². The number of carbonyl (C=O) groups excluding carboxylic acids is 1. The summed E-state index contributed by atoms with van der Waals surface area (Å²) in [6.07, 6.45) is 8.59. The van der Waals surface area contributed by atoms with Gasteiger partial charge in [-0.1, -0.05) is 39.3 Å². The fourth-order valence-corrected chi connectivity index (χ4v) is 3.44. The number of amides is 1. The molecule has 0 saturated carbocycles. The predicted octanol–water partition coefficient (Wildman–Crippen LogP) is 5.47. The largest absolute Gasteiger partial charge is 0.390 e. The summed E-state index contributed by atoms with van der Waals surface area (Å²) < 4.78 is 6.06. The molecule has 0 aromatic heterocycles. The van der Waals surface area contributed by atoms with Gasteiger partial charge in [0.1, 0.15) is 0 Å². The summed E-state index contributed by atoms with van der Waals surface area (Å²) in [6.45, 7) is 18.7. The SMILES string of the molecule is CC.CC/C=C(/N/C=C(/Br)C(N=CN)=NCCCN1CCOCCC1=O)C(C)=C(C)C.CCCN(C)C. The topological polar surface area (TPSA) is 95.5 Å². The summed E-state index contributed by atoms with van der Waals surface area (Å²) >= 11 is 3.53. The van der Waals surface area contributed by atoms with Crippen LogP contribution >= 0.6 is 15.9 Å². The average molecular weight is 586 g/mol. The van der Waals surface area contributed by atoms with Crippen molar-refractivity contribution in [3.63, 3.8) is 0 Å². The van der Waals surface area contributed by atoms with Crippen molar-refractivity contribution in [2.75, 3.05) is 53.5 Å². The van der Waals surface area contributed by atoms with Gasteiger partial charge in [0.15, 0.2) is 5.84 Å². The van der Waals surface area contributed by atoms with Gasteiger partial charge in [0.25, 0.3) is 0 Å². The summed E-state index contributed by atoms with van der Waals surface area (Å²) in [5.74, 6) is 0.651. The van der Waals surface area contributed by atoms with Crippen LogP contribution in [0.5, 0.6) is 0 Å². The zero-order valence-corrected chi connectivity index (χ0v) is 26.4. The number of hydrogen-bond acceptors (Lipinski definition) is 5. The number of amidine groups is 1. The maximum Gasteiger partial charge on any atom is 0.224 e. The van der Waals surface area contributed by atoms with Crippen molar-refractivity contribution < 1.29 is 9.53 Å². The molecule has 0 spiro atoms. The fourth-order valence-electron chi connectivity index (χ4n) is 3.10. The van der Waals surface area contributed by atoms with Crippen LogP contribution in [0.3, 0.4) is 0 Å². The van der Waals surface area contributed by atoms with E-state index in [9.17, 15) is 4.79 Å². The molecule has 0 atom stereocenters. The lowest BCUT2D eigenvalue weighted by Gasteiger charge is -2.19. The first kappa shape index (κ1) is 37.2. The van der Waals surface area contributed by atoms with Gasteiger partial charge in [-0.15, -0.1) is 0 Å². The third kappa shape index (κ3) is 18.9. The van der Waals surface area contributed by atoms with E-state index in [0.29, 0.717) is 49.6 Å². The third-order valence-electron chi connectivity index (χ3n) is 5.16. The molecule has 1 aliphatic heterocycles. The van der Waals surface area contributed by atoms with Gasteiger partial charge in [-0.05, 0) is 82.2 Å². The fraction of sp³-hybridized carbons (Fsp3) is 0.679. The van der Waals surface area contributed by atoms with E-state index < -0.39 is 0 Å². The second-order valence-electron chi connectivity index (χ2n) is 8.67. The lowest BCUT2D eigenvalue weighted by molar-refractivity contribution is -0.130. The quantitative estimate of drug-likeness (QED) is 0.145. The summed E-state index contributed by atoms with van der Waals surface area (Å²) in [5, 5.41) is 3.33. The Morgan fingerprint density at radius 3 is 2.41 bits per heavy atom. The number of nitrogens with two attached hydrogens (primary N) is 1. The van der Waals surface area contributed by atoms with Crippen molar-refractivity contribution in [3.8, 4) is 0 Å². The van der Waals surface area contributed by atoms with Gasteiger partial charge in [0.05, 0.1) is 30.5 Å². The lowest BCUT2D eigenvalue weighted by Crippen LogP contribution is -2.32.